The molecule has 364 valence electrons. The normalized spacial score (nSPS) is 13.2. The largest absolute Gasteiger partial charge is 0.481 e. The lowest BCUT2D eigenvalue weighted by atomic mass is 9.55. The van der Waals surface area contributed by atoms with E-state index in [0.717, 1.165) is 0 Å². The molecule has 0 aromatic heterocycles. The van der Waals surface area contributed by atoms with E-state index in [0.29, 0.717) is 32.1 Å². The molecule has 0 spiro atoms. The fourth-order valence-electron chi connectivity index (χ4n) is 7.61. The number of carboxylic acid groups (broad SMARTS) is 4. The Kier molecular flexibility index (Phi) is 63.7. The van der Waals surface area contributed by atoms with Gasteiger partial charge in [0.15, 0.2) is 0 Å². The number of carboxylic acids is 4. The van der Waals surface area contributed by atoms with Crippen LogP contribution in [0.25, 0.3) is 0 Å². The van der Waals surface area contributed by atoms with E-state index in [4.69, 9.17) is 5.11 Å². The van der Waals surface area contributed by atoms with Crippen molar-refractivity contribution < 1.29 is 39.6 Å². The van der Waals surface area contributed by atoms with Crippen molar-refractivity contribution in [3.8, 4) is 0 Å². The van der Waals surface area contributed by atoms with E-state index in [-0.39, 0.29) is 25.7 Å². The minimum Gasteiger partial charge on any atom is -0.481 e. The maximum atomic E-state index is 12.1. The molecule has 0 fully saturated rings. The van der Waals surface area contributed by atoms with Gasteiger partial charge in [0, 0.05) is 5.41 Å². The molecule has 4 N–H and O–H groups in total. The average molecular weight is 861 g/mol. The molecular weight excluding hydrogens is 753 g/mol. The highest BCUT2D eigenvalue weighted by molar-refractivity contribution is 5.80. The fraction of sp³-hybridized carbons (Fsp3) is 0.923. The third-order valence-electron chi connectivity index (χ3n) is 11.4. The van der Waals surface area contributed by atoms with Gasteiger partial charge in [0.05, 0.1) is 23.7 Å². The molecule has 8 heteroatoms. The molecule has 0 heterocycles. The third-order valence-corrected chi connectivity index (χ3v) is 11.4. The summed E-state index contributed by atoms with van der Waals surface area (Å²) in [5.74, 6) is -8.10. The second-order valence-corrected chi connectivity index (χ2v) is 16.6. The number of aliphatic carboxylic acids is 4. The van der Waals surface area contributed by atoms with E-state index in [1.165, 1.54) is 128 Å². The van der Waals surface area contributed by atoms with Crippen molar-refractivity contribution >= 4 is 23.9 Å². The molecule has 0 saturated heterocycles. The van der Waals surface area contributed by atoms with E-state index in [1.54, 1.807) is 27.7 Å². The smallest absolute Gasteiger partial charge is 0.307 e. The van der Waals surface area contributed by atoms with Gasteiger partial charge in [-0.1, -0.05) is 245 Å². The summed E-state index contributed by atoms with van der Waals surface area (Å²) in [6, 6.07) is 0. The Morgan fingerprint density at radius 1 is 0.317 bits per heavy atom. The summed E-state index contributed by atoms with van der Waals surface area (Å²) in [4.78, 5) is 47.5. The minimum absolute atomic E-state index is 0.139. The van der Waals surface area contributed by atoms with Crippen molar-refractivity contribution in [3.63, 3.8) is 0 Å². The number of rotatable bonds is 32. The van der Waals surface area contributed by atoms with Gasteiger partial charge in [0.2, 0.25) is 0 Å². The van der Waals surface area contributed by atoms with Crippen molar-refractivity contribution in [2.45, 2.75) is 283 Å². The molecule has 0 aliphatic heterocycles. The van der Waals surface area contributed by atoms with Gasteiger partial charge in [0.25, 0.3) is 0 Å². The molecule has 0 radical (unpaired) electrons. The molecule has 0 aromatic rings. The molecule has 4 atom stereocenters. The zero-order valence-corrected chi connectivity index (χ0v) is 42.7. The number of hydrogen-bond acceptors (Lipinski definition) is 4. The molecular formula is C52H108O8. The van der Waals surface area contributed by atoms with Gasteiger partial charge in [-0.25, -0.2) is 0 Å². The molecule has 0 amide bonds. The summed E-state index contributed by atoms with van der Waals surface area (Å²) in [6.07, 6.45) is 30.9. The highest BCUT2D eigenvalue weighted by atomic mass is 16.4. The van der Waals surface area contributed by atoms with Gasteiger partial charge >= 0.3 is 23.9 Å². The molecule has 0 bridgehead atoms. The molecule has 4 unspecified atom stereocenters. The zero-order chi connectivity index (χ0) is 47.6. The number of hydrogen-bond donors (Lipinski definition) is 4. The Labute approximate surface area is 374 Å². The number of unbranched alkanes of at least 4 members (excludes halogenated alkanes) is 17. The van der Waals surface area contributed by atoms with E-state index in [2.05, 4.69) is 69.2 Å². The quantitative estimate of drug-likeness (QED) is 0.0489. The van der Waals surface area contributed by atoms with Crippen LogP contribution in [0.4, 0.5) is 0 Å². The van der Waals surface area contributed by atoms with Crippen LogP contribution < -0.4 is 0 Å². The zero-order valence-electron chi connectivity index (χ0n) is 42.7. The van der Waals surface area contributed by atoms with Crippen LogP contribution in [0, 0.1) is 29.1 Å². The Hall–Kier alpha value is -2.12. The van der Waals surface area contributed by atoms with Gasteiger partial charge in [-0.3, -0.25) is 19.2 Å². The van der Waals surface area contributed by atoms with Gasteiger partial charge in [-0.05, 0) is 38.5 Å². The van der Waals surface area contributed by atoms with Crippen molar-refractivity contribution in [1.29, 1.82) is 0 Å². The minimum atomic E-state index is -1.42. The Morgan fingerprint density at radius 2 is 0.550 bits per heavy atom. The summed E-state index contributed by atoms with van der Waals surface area (Å²) in [5.41, 5.74) is -1.42. The lowest BCUT2D eigenvalue weighted by Gasteiger charge is -2.46. The van der Waals surface area contributed by atoms with E-state index < -0.39 is 53.0 Å². The monoisotopic (exact) mass is 861 g/mol. The number of carbonyl (C=O) groups is 4. The Balaban J connectivity index is -0.000000193. The van der Waals surface area contributed by atoms with Crippen LogP contribution in [-0.2, 0) is 19.2 Å². The first-order valence-corrected chi connectivity index (χ1v) is 25.5. The highest BCUT2D eigenvalue weighted by Crippen LogP contribution is 2.52. The second kappa shape index (κ2) is 54.9. The van der Waals surface area contributed by atoms with Crippen LogP contribution >= 0.6 is 0 Å². The SMILES string of the molecule is CCC(CCCCCC(C(CC)C(=O)O)(C(CC)C(=O)O)C(CC)C(=O)O)C(=O)O.CCCCCC.CCCCCC.CCCCCC.CCCCCC.CCCCCC. The van der Waals surface area contributed by atoms with Gasteiger partial charge in [-0.15, -0.1) is 0 Å². The molecule has 0 aromatic carbocycles. The molecule has 0 saturated carbocycles. The summed E-state index contributed by atoms with van der Waals surface area (Å²) in [7, 11) is 0. The maximum Gasteiger partial charge on any atom is 0.307 e. The molecule has 60 heavy (non-hydrogen) atoms. The highest BCUT2D eigenvalue weighted by Gasteiger charge is 2.56. The predicted octanol–water partition coefficient (Wildman–Crippen LogP) is 17.3. The fourth-order valence-corrected chi connectivity index (χ4v) is 7.61. The first kappa shape index (κ1) is 69.6. The molecule has 0 rings (SSSR count). The average Bonchev–Trinajstić information content (AvgIpc) is 3.22. The van der Waals surface area contributed by atoms with Gasteiger partial charge in [0.1, 0.15) is 0 Å². The van der Waals surface area contributed by atoms with Gasteiger partial charge < -0.3 is 20.4 Å². The molecule has 0 aliphatic rings. The predicted molar refractivity (Wildman–Crippen MR) is 260 cm³/mol. The van der Waals surface area contributed by atoms with Crippen LogP contribution in [0.15, 0.2) is 0 Å². The topological polar surface area (TPSA) is 149 Å². The summed E-state index contributed by atoms with van der Waals surface area (Å²) in [6.45, 7) is 29.1. The molecule has 0 aliphatic carbocycles. The van der Waals surface area contributed by atoms with E-state index >= 15 is 0 Å². The summed E-state index contributed by atoms with van der Waals surface area (Å²) in [5, 5.41) is 38.8. The maximum absolute atomic E-state index is 12.1. The second-order valence-electron chi connectivity index (χ2n) is 16.6. The van der Waals surface area contributed by atoms with Crippen molar-refractivity contribution in [2.24, 2.45) is 29.1 Å². The lowest BCUT2D eigenvalue weighted by Crippen LogP contribution is -2.52. The third kappa shape index (κ3) is 41.2. The lowest BCUT2D eigenvalue weighted by molar-refractivity contribution is -0.170. The Morgan fingerprint density at radius 3 is 0.700 bits per heavy atom. The van der Waals surface area contributed by atoms with Crippen LogP contribution in [0.1, 0.15) is 283 Å². The van der Waals surface area contributed by atoms with Crippen LogP contribution in [0.2, 0.25) is 0 Å². The van der Waals surface area contributed by atoms with Crippen LogP contribution in [0.5, 0.6) is 0 Å². The summed E-state index contributed by atoms with van der Waals surface area (Å²) < 4.78 is 0. The van der Waals surface area contributed by atoms with Crippen molar-refractivity contribution in [3.05, 3.63) is 0 Å². The molecule has 8 nitrogen and oxygen atoms in total. The van der Waals surface area contributed by atoms with E-state index in [9.17, 15) is 34.5 Å². The van der Waals surface area contributed by atoms with Crippen molar-refractivity contribution in [1.82, 2.24) is 0 Å². The standard InChI is InChI=1S/C22H38O8.5C6H14/c1-5-14(18(23)24)12-10-9-11-13-22(15(6-2)19(25)26,16(7-3)20(27)28)17(8-4)21(29)30;5*1-3-5-6-4-2/h14-17H,5-13H2,1-4H3,(H,23,24)(H,25,26)(H,27,28)(H,29,30);5*3-6H2,1-2H3. The van der Waals surface area contributed by atoms with Crippen LogP contribution in [0.3, 0.4) is 0 Å². The van der Waals surface area contributed by atoms with E-state index in [1.807, 2.05) is 0 Å². The first-order valence-electron chi connectivity index (χ1n) is 25.5. The first-order chi connectivity index (χ1) is 28.6. The van der Waals surface area contributed by atoms with Crippen LogP contribution in [-0.4, -0.2) is 44.3 Å². The van der Waals surface area contributed by atoms with Gasteiger partial charge in [-0.2, -0.15) is 0 Å². The summed E-state index contributed by atoms with van der Waals surface area (Å²) >= 11 is 0. The van der Waals surface area contributed by atoms with Crippen molar-refractivity contribution in [2.75, 3.05) is 0 Å². The Bertz CT molecular complexity index is 768.